The lowest BCUT2D eigenvalue weighted by atomic mass is 10.2. The average Bonchev–Trinajstić information content (AvgIpc) is 2.55. The minimum Gasteiger partial charge on any atom is -0.480 e. The molecule has 0 aliphatic rings. The van der Waals surface area contributed by atoms with Crippen LogP contribution in [-0.2, 0) is 0 Å². The second kappa shape index (κ2) is 7.96. The minimum atomic E-state index is -0.342. The van der Waals surface area contributed by atoms with E-state index in [2.05, 4.69) is 37.4 Å². The lowest BCUT2D eigenvalue weighted by Gasteiger charge is -2.06. The first-order valence-electron chi connectivity index (χ1n) is 6.30. The molecular formula is C16H12BrN3O2. The predicted octanol–water partition coefficient (Wildman–Crippen LogP) is 2.62. The molecule has 1 aromatic carbocycles. The van der Waals surface area contributed by atoms with Crippen LogP contribution >= 0.6 is 15.9 Å². The van der Waals surface area contributed by atoms with Crippen LogP contribution in [0.4, 0.5) is 0 Å². The van der Waals surface area contributed by atoms with Crippen molar-refractivity contribution in [3.63, 3.8) is 0 Å². The van der Waals surface area contributed by atoms with Gasteiger partial charge in [-0.25, -0.2) is 5.43 Å². The molecule has 2 aromatic rings. The molecule has 0 spiro atoms. The van der Waals surface area contributed by atoms with E-state index in [0.717, 1.165) is 4.47 Å². The molecule has 0 radical (unpaired) electrons. The lowest BCUT2D eigenvalue weighted by molar-refractivity contribution is 0.0955. The Kier molecular flexibility index (Phi) is 5.69. The summed E-state index contributed by atoms with van der Waals surface area (Å²) in [5.74, 6) is 2.64. The molecule has 0 aliphatic carbocycles. The van der Waals surface area contributed by atoms with Gasteiger partial charge in [-0.3, -0.25) is 9.78 Å². The third-order valence-electron chi connectivity index (χ3n) is 2.58. The summed E-state index contributed by atoms with van der Waals surface area (Å²) in [5.41, 5.74) is 3.55. The van der Waals surface area contributed by atoms with Crippen molar-refractivity contribution in [1.82, 2.24) is 10.4 Å². The van der Waals surface area contributed by atoms with E-state index in [0.29, 0.717) is 16.9 Å². The highest BCUT2D eigenvalue weighted by atomic mass is 79.9. The molecule has 1 aromatic heterocycles. The molecule has 0 atom stereocenters. The predicted molar refractivity (Wildman–Crippen MR) is 87.8 cm³/mol. The van der Waals surface area contributed by atoms with E-state index in [1.807, 2.05) is 12.1 Å². The Morgan fingerprint density at radius 1 is 1.50 bits per heavy atom. The van der Waals surface area contributed by atoms with Crippen LogP contribution in [0, 0.1) is 12.3 Å². The Morgan fingerprint density at radius 3 is 3.09 bits per heavy atom. The van der Waals surface area contributed by atoms with E-state index < -0.39 is 0 Å². The van der Waals surface area contributed by atoms with Crippen LogP contribution in [0.1, 0.15) is 15.9 Å². The summed E-state index contributed by atoms with van der Waals surface area (Å²) in [6.07, 6.45) is 9.73. The van der Waals surface area contributed by atoms with Crippen LogP contribution in [0.3, 0.4) is 0 Å². The summed E-state index contributed by atoms with van der Waals surface area (Å²) in [6, 6.07) is 8.74. The van der Waals surface area contributed by atoms with Gasteiger partial charge in [0.25, 0.3) is 5.91 Å². The van der Waals surface area contributed by atoms with Crippen LogP contribution < -0.4 is 10.2 Å². The standard InChI is InChI=1S/C16H12BrN3O2/c1-2-8-22-15-6-5-14(17)9-13(15)11-19-20-16(21)12-4-3-7-18-10-12/h1,3-7,9-11H,8H2,(H,20,21)/b19-11+. The fraction of sp³-hybridized carbons (Fsp3) is 0.0625. The molecule has 110 valence electrons. The number of rotatable bonds is 5. The monoisotopic (exact) mass is 357 g/mol. The number of halogens is 1. The fourth-order valence-electron chi connectivity index (χ4n) is 1.59. The smallest absolute Gasteiger partial charge is 0.272 e. The van der Waals surface area contributed by atoms with Gasteiger partial charge in [-0.05, 0) is 30.3 Å². The topological polar surface area (TPSA) is 63.6 Å². The first kappa shape index (κ1) is 15.7. The third kappa shape index (κ3) is 4.43. The number of carbonyl (C=O) groups excluding carboxylic acids is 1. The van der Waals surface area contributed by atoms with Crippen molar-refractivity contribution in [3.05, 3.63) is 58.3 Å². The van der Waals surface area contributed by atoms with Crippen molar-refractivity contribution in [2.75, 3.05) is 6.61 Å². The minimum absolute atomic E-state index is 0.157. The van der Waals surface area contributed by atoms with Crippen molar-refractivity contribution >= 4 is 28.1 Å². The van der Waals surface area contributed by atoms with Crippen molar-refractivity contribution in [1.29, 1.82) is 0 Å². The van der Waals surface area contributed by atoms with E-state index in [-0.39, 0.29) is 12.5 Å². The number of ether oxygens (including phenoxy) is 1. The van der Waals surface area contributed by atoms with Crippen molar-refractivity contribution in [2.24, 2.45) is 5.10 Å². The van der Waals surface area contributed by atoms with Gasteiger partial charge in [-0.2, -0.15) is 5.10 Å². The van der Waals surface area contributed by atoms with E-state index in [1.165, 1.54) is 12.4 Å². The molecule has 22 heavy (non-hydrogen) atoms. The van der Waals surface area contributed by atoms with E-state index in [4.69, 9.17) is 11.2 Å². The number of terminal acetylenes is 1. The number of nitrogens with zero attached hydrogens (tertiary/aromatic N) is 2. The van der Waals surface area contributed by atoms with Crippen LogP contribution in [0.5, 0.6) is 5.75 Å². The highest BCUT2D eigenvalue weighted by Gasteiger charge is 2.04. The number of hydrogen-bond donors (Lipinski definition) is 1. The van der Waals surface area contributed by atoms with E-state index >= 15 is 0 Å². The molecule has 0 saturated carbocycles. The molecule has 0 aliphatic heterocycles. The molecule has 6 heteroatoms. The van der Waals surface area contributed by atoms with Crippen LogP contribution in [0.2, 0.25) is 0 Å². The highest BCUT2D eigenvalue weighted by Crippen LogP contribution is 2.21. The molecule has 1 amide bonds. The number of hydrogen-bond acceptors (Lipinski definition) is 4. The zero-order valence-corrected chi connectivity index (χ0v) is 13.1. The zero-order chi connectivity index (χ0) is 15.8. The Labute approximate surface area is 136 Å². The third-order valence-corrected chi connectivity index (χ3v) is 3.07. The summed E-state index contributed by atoms with van der Waals surface area (Å²) in [5, 5.41) is 3.92. The summed E-state index contributed by atoms with van der Waals surface area (Å²) in [6.45, 7) is 0.157. The maximum absolute atomic E-state index is 11.8. The van der Waals surface area contributed by atoms with Crippen molar-refractivity contribution in [2.45, 2.75) is 0 Å². The molecule has 1 N–H and O–H groups in total. The number of carbonyl (C=O) groups is 1. The van der Waals surface area contributed by atoms with Gasteiger partial charge in [-0.1, -0.05) is 21.9 Å². The zero-order valence-electron chi connectivity index (χ0n) is 11.5. The van der Waals surface area contributed by atoms with Gasteiger partial charge in [0.1, 0.15) is 12.4 Å². The van der Waals surface area contributed by atoms with Crippen LogP contribution in [0.15, 0.2) is 52.3 Å². The van der Waals surface area contributed by atoms with Gasteiger partial charge in [0.05, 0.1) is 11.8 Å². The van der Waals surface area contributed by atoms with E-state index in [9.17, 15) is 4.79 Å². The Morgan fingerprint density at radius 2 is 2.36 bits per heavy atom. The molecule has 0 saturated heterocycles. The van der Waals surface area contributed by atoms with Gasteiger partial charge in [0.2, 0.25) is 0 Å². The number of hydrazone groups is 1. The molecular weight excluding hydrogens is 346 g/mol. The van der Waals surface area contributed by atoms with Gasteiger partial charge in [0, 0.05) is 22.4 Å². The molecule has 0 unspecified atom stereocenters. The Bertz CT molecular complexity index is 724. The van der Waals surface area contributed by atoms with E-state index in [1.54, 1.807) is 24.4 Å². The number of amides is 1. The van der Waals surface area contributed by atoms with Crippen molar-refractivity contribution < 1.29 is 9.53 Å². The normalized spacial score (nSPS) is 10.2. The SMILES string of the molecule is C#CCOc1ccc(Br)cc1/C=N/NC(=O)c1cccnc1. The fourth-order valence-corrected chi connectivity index (χ4v) is 1.97. The first-order valence-corrected chi connectivity index (χ1v) is 7.09. The van der Waals surface area contributed by atoms with Crippen LogP contribution in [-0.4, -0.2) is 23.7 Å². The molecule has 2 rings (SSSR count). The number of pyridine rings is 1. The number of benzene rings is 1. The molecule has 5 nitrogen and oxygen atoms in total. The van der Waals surface area contributed by atoms with Gasteiger partial charge >= 0.3 is 0 Å². The van der Waals surface area contributed by atoms with Gasteiger partial charge in [-0.15, -0.1) is 6.42 Å². The second-order valence-electron chi connectivity index (χ2n) is 4.12. The van der Waals surface area contributed by atoms with Crippen LogP contribution in [0.25, 0.3) is 0 Å². The summed E-state index contributed by atoms with van der Waals surface area (Å²) in [4.78, 5) is 15.7. The Balaban J connectivity index is 2.08. The van der Waals surface area contributed by atoms with Crippen molar-refractivity contribution in [3.8, 4) is 18.1 Å². The maximum Gasteiger partial charge on any atom is 0.272 e. The van der Waals surface area contributed by atoms with Gasteiger partial charge < -0.3 is 4.74 Å². The molecule has 0 bridgehead atoms. The van der Waals surface area contributed by atoms with Gasteiger partial charge in [0.15, 0.2) is 0 Å². The first-order chi connectivity index (χ1) is 10.7. The number of nitrogens with one attached hydrogen (secondary N) is 1. The highest BCUT2D eigenvalue weighted by molar-refractivity contribution is 9.10. The summed E-state index contributed by atoms with van der Waals surface area (Å²) in [7, 11) is 0. The molecule has 1 heterocycles. The summed E-state index contributed by atoms with van der Waals surface area (Å²) < 4.78 is 6.27. The molecule has 0 fully saturated rings. The second-order valence-corrected chi connectivity index (χ2v) is 5.03. The summed E-state index contributed by atoms with van der Waals surface area (Å²) >= 11 is 3.37. The largest absolute Gasteiger partial charge is 0.480 e. The lowest BCUT2D eigenvalue weighted by Crippen LogP contribution is -2.17. The average molecular weight is 358 g/mol. The maximum atomic E-state index is 11.8. The Hall–Kier alpha value is -2.65. The quantitative estimate of drug-likeness (QED) is 0.508. The number of aromatic nitrogens is 1.